The number of amides is 2. The van der Waals surface area contributed by atoms with Crippen LogP contribution in [0.3, 0.4) is 0 Å². The fraction of sp³-hybridized carbons (Fsp3) is 0.347. The molecule has 0 radical (unpaired) electrons. The molecule has 4 aromatic carbocycles. The molecule has 326 valence electrons. The number of aromatic hydroxyl groups is 1. The molecule has 0 bridgehead atoms. The summed E-state index contributed by atoms with van der Waals surface area (Å²) in [7, 11) is 0.675. The van der Waals surface area contributed by atoms with Gasteiger partial charge in [0.25, 0.3) is 5.91 Å². The molecule has 3 aliphatic carbocycles. The fourth-order valence-corrected chi connectivity index (χ4v) is 15.4. The number of nitrogens with zero attached hydrogens (tertiary/aromatic N) is 1. The van der Waals surface area contributed by atoms with Gasteiger partial charge in [-0.3, -0.25) is 19.3 Å². The van der Waals surface area contributed by atoms with E-state index in [9.17, 15) is 44.7 Å². The van der Waals surface area contributed by atoms with Gasteiger partial charge in [-0.2, -0.15) is 0 Å². The molecule has 62 heavy (non-hydrogen) atoms. The van der Waals surface area contributed by atoms with E-state index in [0.717, 1.165) is 38.3 Å². The van der Waals surface area contributed by atoms with Crippen LogP contribution in [0.25, 0.3) is 0 Å². The number of carbonyl (C=O) groups excluding carboxylic acids is 4. The number of benzene rings is 4. The SMILES string of the molecule is C[C@H]1c2ccc(NC(=O)CCCCCCCC[PH](c3ccccc3)(c3ccccc3)c3ccccc3)c(O)c2C(=O)C2=C(O)[C@]3(O)C(=O)C(C(N)=O)=C(O)[C@@H](N(C)C)[C@@H]3[C@@H](O)[C@@H]21. The van der Waals surface area contributed by atoms with Crippen molar-refractivity contribution in [2.75, 3.05) is 25.6 Å². The predicted octanol–water partition coefficient (Wildman–Crippen LogP) is 5.05. The van der Waals surface area contributed by atoms with Gasteiger partial charge < -0.3 is 31.3 Å². The van der Waals surface area contributed by atoms with Gasteiger partial charge in [0.1, 0.15) is 17.1 Å². The summed E-state index contributed by atoms with van der Waals surface area (Å²) in [5.74, 6) is -10.1. The average molecular weight is 862 g/mol. The Balaban J connectivity index is 0.997. The molecule has 8 N–H and O–H groups in total. The zero-order valence-electron chi connectivity index (χ0n) is 35.3. The Kier molecular flexibility index (Phi) is 12.9. The van der Waals surface area contributed by atoms with E-state index in [-0.39, 0.29) is 23.6 Å². The van der Waals surface area contributed by atoms with Crippen LogP contribution in [0.4, 0.5) is 5.69 Å². The van der Waals surface area contributed by atoms with Crippen LogP contribution in [-0.2, 0) is 14.4 Å². The molecule has 0 aromatic heterocycles. The molecule has 6 atom stereocenters. The van der Waals surface area contributed by atoms with Crippen molar-refractivity contribution in [3.05, 3.63) is 137 Å². The van der Waals surface area contributed by atoms with Crippen molar-refractivity contribution < 1.29 is 44.7 Å². The molecule has 4 aromatic rings. The van der Waals surface area contributed by atoms with Crippen LogP contribution in [0.2, 0.25) is 0 Å². The smallest absolute Gasteiger partial charge is 0.510 e. The summed E-state index contributed by atoms with van der Waals surface area (Å²) in [6.45, 7) is 1.66. The van der Waals surface area contributed by atoms with Crippen LogP contribution < -0.4 is 27.0 Å². The first kappa shape index (κ1) is 44.4. The number of carbonyl (C=O) groups is 4. The monoisotopic (exact) mass is 861 g/mol. The van der Waals surface area contributed by atoms with Gasteiger partial charge in [-0.15, -0.1) is 0 Å². The van der Waals surface area contributed by atoms with E-state index >= 15 is 0 Å². The number of primary amides is 1. The number of anilines is 1. The van der Waals surface area contributed by atoms with Gasteiger partial charge in [-0.1, -0.05) is 13.0 Å². The maximum atomic E-state index is 14.2. The first-order valence-electron chi connectivity index (χ1n) is 21.3. The number of nitrogens with two attached hydrogens (primary N) is 1. The third-order valence-electron chi connectivity index (χ3n) is 13.4. The second-order valence-electron chi connectivity index (χ2n) is 17.1. The van der Waals surface area contributed by atoms with E-state index in [1.165, 1.54) is 41.0 Å². The van der Waals surface area contributed by atoms with Gasteiger partial charge in [0.05, 0.1) is 23.6 Å². The van der Waals surface area contributed by atoms with Gasteiger partial charge in [-0.05, 0) is 25.6 Å². The minimum atomic E-state index is -3.01. The number of ketones is 2. The zero-order chi connectivity index (χ0) is 44.5. The first-order valence-corrected chi connectivity index (χ1v) is 23.5. The molecular formula is C49H56N3O9P. The normalized spacial score (nSPS) is 23.7. The Morgan fingerprint density at radius 3 is 1.81 bits per heavy atom. The minimum absolute atomic E-state index is 0.0334. The van der Waals surface area contributed by atoms with Gasteiger partial charge >= 0.3 is 199 Å². The maximum absolute atomic E-state index is 14.2. The average Bonchev–Trinajstić information content (AvgIpc) is 3.26. The number of likely N-dealkylation sites (N-methyl/N-ethyl adjacent to an activating group) is 1. The van der Waals surface area contributed by atoms with Crippen molar-refractivity contribution in [3.63, 3.8) is 0 Å². The molecule has 13 heteroatoms. The zero-order valence-corrected chi connectivity index (χ0v) is 36.3. The quantitative estimate of drug-likeness (QED) is 0.0366. The Morgan fingerprint density at radius 1 is 0.774 bits per heavy atom. The number of aliphatic hydroxyl groups excluding tert-OH is 3. The van der Waals surface area contributed by atoms with Gasteiger partial charge in [-0.25, -0.2) is 0 Å². The summed E-state index contributed by atoms with van der Waals surface area (Å²) in [4.78, 5) is 54.8. The molecule has 0 saturated carbocycles. The van der Waals surface area contributed by atoms with Gasteiger partial charge in [0, 0.05) is 11.5 Å². The van der Waals surface area contributed by atoms with Crippen LogP contribution in [0.5, 0.6) is 5.75 Å². The van der Waals surface area contributed by atoms with Crippen molar-refractivity contribution in [1.29, 1.82) is 0 Å². The van der Waals surface area contributed by atoms with E-state index in [2.05, 4.69) is 96.3 Å². The van der Waals surface area contributed by atoms with E-state index < -0.39 is 88.7 Å². The molecule has 0 heterocycles. The Bertz CT molecular complexity index is 2320. The molecule has 2 amide bonds. The van der Waals surface area contributed by atoms with Crippen molar-refractivity contribution >= 4 is 52.2 Å². The van der Waals surface area contributed by atoms with Crippen LogP contribution in [0, 0.1) is 11.8 Å². The van der Waals surface area contributed by atoms with Crippen LogP contribution >= 0.6 is 7.26 Å². The van der Waals surface area contributed by atoms with Crippen molar-refractivity contribution in [2.24, 2.45) is 17.6 Å². The van der Waals surface area contributed by atoms with Crippen LogP contribution in [0.15, 0.2) is 126 Å². The van der Waals surface area contributed by atoms with E-state index in [0.29, 0.717) is 12.0 Å². The number of Topliss-reactive ketones (excluding diaryl/α,β-unsaturated/α-hetero) is 2. The number of phenolic OH excluding ortho intramolecular Hbond substituents is 1. The molecule has 0 unspecified atom stereocenters. The Morgan fingerprint density at radius 2 is 1.29 bits per heavy atom. The first-order chi connectivity index (χ1) is 29.7. The molecule has 3 aliphatic rings. The second-order valence-corrected chi connectivity index (χ2v) is 21.2. The summed E-state index contributed by atoms with van der Waals surface area (Å²) < 4.78 is 0. The standard InChI is InChI=1S/C49H56N3O9P/c1-29-33-26-27-34(42(54)37(33)43(55)38-36(29)44(56)40-41(52(2)3)45(57)39(48(50)60)47(59)49(40,61)46(38)58)51-35(53)25-17-6-4-5-7-18-28-62(30-19-11-8-12-20-30,31-21-13-9-14-22-31)32-23-15-10-16-24-32/h8-16,19-24,26-27,29,36,40-41,44,54,56-58,61-62H,4-7,17-18,25,28H2,1-3H3,(H2,50,60)(H,51,53)/t29-,36+,40+,41-,44-,49-/m0/s1. The summed E-state index contributed by atoms with van der Waals surface area (Å²) in [5, 5.41) is 64.8. The topological polar surface area (TPSA) is 211 Å². The fourth-order valence-electron chi connectivity index (χ4n) is 10.4. The molecule has 0 saturated heterocycles. The number of fused-ring (bicyclic) bond motifs is 3. The number of hydrogen-bond acceptors (Lipinski definition) is 10. The third kappa shape index (κ3) is 7.53. The number of rotatable bonds is 15. The Labute approximate surface area is 362 Å². The van der Waals surface area contributed by atoms with Crippen molar-refractivity contribution in [3.8, 4) is 5.75 Å². The van der Waals surface area contributed by atoms with Crippen molar-refractivity contribution in [1.82, 2.24) is 4.90 Å². The number of hydrogen-bond donors (Lipinski definition) is 7. The summed E-state index contributed by atoms with van der Waals surface area (Å²) >= 11 is 0. The predicted molar refractivity (Wildman–Crippen MR) is 242 cm³/mol. The molecular weight excluding hydrogens is 806 g/mol. The van der Waals surface area contributed by atoms with Crippen LogP contribution in [0.1, 0.15) is 73.7 Å². The summed E-state index contributed by atoms with van der Waals surface area (Å²) in [6, 6.07) is 34.3. The second kappa shape index (κ2) is 18.0. The molecule has 0 fully saturated rings. The minimum Gasteiger partial charge on any atom is -0.510 e. The third-order valence-corrected chi connectivity index (χ3v) is 18.5. The van der Waals surface area contributed by atoms with Crippen molar-refractivity contribution in [2.45, 2.75) is 75.5 Å². The van der Waals surface area contributed by atoms with E-state index in [1.807, 2.05) is 0 Å². The van der Waals surface area contributed by atoms with Gasteiger partial charge in [0.2, 0.25) is 5.78 Å². The summed E-state index contributed by atoms with van der Waals surface area (Å²) in [5.41, 5.74) is 0.952. The molecule has 7 rings (SSSR count). The molecule has 0 aliphatic heterocycles. The van der Waals surface area contributed by atoms with E-state index in [4.69, 9.17) is 5.73 Å². The van der Waals surface area contributed by atoms with Gasteiger partial charge in [0.15, 0.2) is 11.4 Å². The van der Waals surface area contributed by atoms with E-state index in [1.54, 1.807) is 13.0 Å². The molecule has 0 spiro atoms. The number of unbranched alkanes of at least 4 members (excludes halogenated alkanes) is 5. The number of nitrogens with one attached hydrogen (secondary N) is 1. The Hall–Kier alpha value is -5.65. The van der Waals surface area contributed by atoms with Crippen LogP contribution in [-0.4, -0.2) is 91.8 Å². The number of phenols is 1. The number of aliphatic hydroxyl groups is 4. The molecule has 12 nitrogen and oxygen atoms in total. The summed E-state index contributed by atoms with van der Waals surface area (Å²) in [6.07, 6.45) is 5.10.